The summed E-state index contributed by atoms with van der Waals surface area (Å²) in [6.45, 7) is 0.414. The molecule has 2 rings (SSSR count). The first-order valence-corrected chi connectivity index (χ1v) is 6.50. The number of carbonyl (C=O) groups is 1. The van der Waals surface area contributed by atoms with E-state index in [1.54, 1.807) is 31.2 Å². The van der Waals surface area contributed by atoms with Crippen molar-refractivity contribution in [2.24, 2.45) is 0 Å². The van der Waals surface area contributed by atoms with Crippen LogP contribution in [0.2, 0.25) is 0 Å². The van der Waals surface area contributed by atoms with Crippen LogP contribution in [-0.4, -0.2) is 30.1 Å². The van der Waals surface area contributed by atoms with Crippen LogP contribution in [0.4, 0.5) is 18.9 Å². The van der Waals surface area contributed by atoms with Crippen LogP contribution in [0.5, 0.6) is 0 Å². The van der Waals surface area contributed by atoms with E-state index in [1.807, 2.05) is 0 Å². The van der Waals surface area contributed by atoms with E-state index in [0.29, 0.717) is 18.5 Å². The highest BCUT2D eigenvalue weighted by Gasteiger charge is 2.53. The van der Waals surface area contributed by atoms with Crippen LogP contribution in [0.15, 0.2) is 24.3 Å². The van der Waals surface area contributed by atoms with Crippen LogP contribution in [-0.2, 0) is 10.2 Å². The molecule has 0 saturated heterocycles. The highest BCUT2D eigenvalue weighted by molar-refractivity contribution is 5.91. The first-order chi connectivity index (χ1) is 9.28. The second kappa shape index (κ2) is 5.00. The summed E-state index contributed by atoms with van der Waals surface area (Å²) in [6, 6.07) is 6.79. The molecule has 110 valence electrons. The highest BCUT2D eigenvalue weighted by atomic mass is 19.4. The molecule has 20 heavy (non-hydrogen) atoms. The maximum absolute atomic E-state index is 12.5. The average Bonchev–Trinajstić information content (AvgIpc) is 3.16. The van der Waals surface area contributed by atoms with Gasteiger partial charge in [-0.1, -0.05) is 12.1 Å². The standard InChI is InChI=1S/C14H17F3N2O/c1-2-19(9-14(15,16)17)12(20)13(7-8-13)10-3-5-11(18)6-4-10/h3-6H,2,7-9,18H2,1H3. The molecule has 1 fully saturated rings. The van der Waals surface area contributed by atoms with Gasteiger partial charge in [0.05, 0.1) is 5.41 Å². The minimum atomic E-state index is -4.37. The van der Waals surface area contributed by atoms with Crippen molar-refractivity contribution >= 4 is 11.6 Å². The number of likely N-dealkylation sites (N-methyl/N-ethyl adjacent to an activating group) is 1. The second-order valence-corrected chi connectivity index (χ2v) is 5.14. The predicted octanol–water partition coefficient (Wildman–Crippen LogP) is 2.71. The molecular formula is C14H17F3N2O. The summed E-state index contributed by atoms with van der Waals surface area (Å²) in [5.74, 6) is -0.443. The number of hydrogen-bond donors (Lipinski definition) is 1. The Balaban J connectivity index is 2.20. The Bertz CT molecular complexity index is 492. The lowest BCUT2D eigenvalue weighted by atomic mass is 9.94. The van der Waals surface area contributed by atoms with Gasteiger partial charge in [-0.25, -0.2) is 0 Å². The zero-order valence-electron chi connectivity index (χ0n) is 11.2. The molecule has 2 N–H and O–H groups in total. The van der Waals surface area contributed by atoms with Crippen molar-refractivity contribution in [1.29, 1.82) is 0 Å². The molecule has 1 aromatic carbocycles. The minimum Gasteiger partial charge on any atom is -0.399 e. The quantitative estimate of drug-likeness (QED) is 0.865. The van der Waals surface area contributed by atoms with Crippen LogP contribution in [0.1, 0.15) is 25.3 Å². The molecule has 1 aromatic rings. The van der Waals surface area contributed by atoms with Crippen molar-refractivity contribution in [3.05, 3.63) is 29.8 Å². The molecule has 0 aliphatic heterocycles. The molecule has 0 aromatic heterocycles. The van der Waals surface area contributed by atoms with E-state index in [0.717, 1.165) is 10.5 Å². The number of benzene rings is 1. The third-order valence-electron chi connectivity index (χ3n) is 3.66. The second-order valence-electron chi connectivity index (χ2n) is 5.14. The monoisotopic (exact) mass is 286 g/mol. The number of amides is 1. The third kappa shape index (κ3) is 2.89. The Morgan fingerprint density at radius 2 is 1.85 bits per heavy atom. The number of nitrogens with zero attached hydrogens (tertiary/aromatic N) is 1. The fourth-order valence-corrected chi connectivity index (χ4v) is 2.40. The molecule has 0 radical (unpaired) electrons. The number of carbonyl (C=O) groups excluding carboxylic acids is 1. The van der Waals surface area contributed by atoms with Gasteiger partial charge < -0.3 is 10.6 Å². The lowest BCUT2D eigenvalue weighted by Gasteiger charge is -2.27. The summed E-state index contributed by atoms with van der Waals surface area (Å²) in [5.41, 5.74) is 6.13. The maximum atomic E-state index is 12.5. The zero-order valence-corrected chi connectivity index (χ0v) is 11.2. The lowest BCUT2D eigenvalue weighted by molar-refractivity contribution is -0.162. The van der Waals surface area contributed by atoms with Crippen LogP contribution in [0, 0.1) is 0 Å². The molecule has 6 heteroatoms. The maximum Gasteiger partial charge on any atom is 0.406 e. The van der Waals surface area contributed by atoms with Crippen molar-refractivity contribution in [3.8, 4) is 0 Å². The van der Waals surface area contributed by atoms with Gasteiger partial charge in [-0.3, -0.25) is 4.79 Å². The molecular weight excluding hydrogens is 269 g/mol. The van der Waals surface area contributed by atoms with Crippen molar-refractivity contribution in [2.45, 2.75) is 31.4 Å². The van der Waals surface area contributed by atoms with Crippen molar-refractivity contribution in [3.63, 3.8) is 0 Å². The number of anilines is 1. The van der Waals surface area contributed by atoms with Gasteiger partial charge in [-0.15, -0.1) is 0 Å². The fraction of sp³-hybridized carbons (Fsp3) is 0.500. The van der Waals surface area contributed by atoms with E-state index in [-0.39, 0.29) is 6.54 Å². The van der Waals surface area contributed by atoms with Gasteiger partial charge in [-0.2, -0.15) is 13.2 Å². The van der Waals surface area contributed by atoms with Crippen LogP contribution >= 0.6 is 0 Å². The van der Waals surface area contributed by atoms with Crippen LogP contribution in [0.3, 0.4) is 0 Å². The number of nitrogens with two attached hydrogens (primary N) is 1. The Morgan fingerprint density at radius 3 is 2.25 bits per heavy atom. The average molecular weight is 286 g/mol. The molecule has 0 unspecified atom stereocenters. The van der Waals surface area contributed by atoms with Gasteiger partial charge in [-0.05, 0) is 37.5 Å². The molecule has 3 nitrogen and oxygen atoms in total. The van der Waals surface area contributed by atoms with E-state index in [1.165, 1.54) is 0 Å². The van der Waals surface area contributed by atoms with Gasteiger partial charge in [0.1, 0.15) is 6.54 Å². The smallest absolute Gasteiger partial charge is 0.399 e. The Morgan fingerprint density at radius 1 is 1.30 bits per heavy atom. The van der Waals surface area contributed by atoms with Gasteiger partial charge in [0.15, 0.2) is 0 Å². The lowest BCUT2D eigenvalue weighted by Crippen LogP contribution is -2.44. The molecule has 0 heterocycles. The summed E-state index contributed by atoms with van der Waals surface area (Å²) in [7, 11) is 0. The van der Waals surface area contributed by atoms with E-state index in [4.69, 9.17) is 5.73 Å². The van der Waals surface area contributed by atoms with Gasteiger partial charge in [0.25, 0.3) is 0 Å². The van der Waals surface area contributed by atoms with E-state index < -0.39 is 24.0 Å². The Labute approximate surface area is 115 Å². The molecule has 0 bridgehead atoms. The number of nitrogen functional groups attached to an aromatic ring is 1. The Kier molecular flexibility index (Phi) is 3.67. The molecule has 0 atom stereocenters. The largest absolute Gasteiger partial charge is 0.406 e. The first-order valence-electron chi connectivity index (χ1n) is 6.50. The van der Waals surface area contributed by atoms with Gasteiger partial charge in [0, 0.05) is 12.2 Å². The van der Waals surface area contributed by atoms with Crippen molar-refractivity contribution in [1.82, 2.24) is 4.90 Å². The van der Waals surface area contributed by atoms with Crippen molar-refractivity contribution in [2.75, 3.05) is 18.8 Å². The topological polar surface area (TPSA) is 46.3 Å². The molecule has 0 spiro atoms. The Hall–Kier alpha value is -1.72. The van der Waals surface area contributed by atoms with E-state index >= 15 is 0 Å². The number of alkyl halides is 3. The molecule has 1 aliphatic carbocycles. The minimum absolute atomic E-state index is 0.0507. The zero-order chi connectivity index (χ0) is 15.0. The number of rotatable bonds is 4. The summed E-state index contributed by atoms with van der Waals surface area (Å²) < 4.78 is 37.5. The number of halogens is 3. The van der Waals surface area contributed by atoms with Gasteiger partial charge in [0.2, 0.25) is 5.91 Å². The molecule has 1 aliphatic rings. The van der Waals surface area contributed by atoms with Crippen LogP contribution < -0.4 is 5.73 Å². The normalized spacial score (nSPS) is 16.8. The number of hydrogen-bond acceptors (Lipinski definition) is 2. The predicted molar refractivity (Wildman–Crippen MR) is 70.1 cm³/mol. The fourth-order valence-electron chi connectivity index (χ4n) is 2.40. The van der Waals surface area contributed by atoms with E-state index in [2.05, 4.69) is 0 Å². The summed E-state index contributed by atoms with van der Waals surface area (Å²) in [4.78, 5) is 13.3. The third-order valence-corrected chi connectivity index (χ3v) is 3.66. The summed E-state index contributed by atoms with van der Waals surface area (Å²) >= 11 is 0. The first kappa shape index (κ1) is 14.7. The highest BCUT2D eigenvalue weighted by Crippen LogP contribution is 2.50. The molecule has 1 saturated carbocycles. The van der Waals surface area contributed by atoms with E-state index in [9.17, 15) is 18.0 Å². The SMILES string of the molecule is CCN(CC(F)(F)F)C(=O)C1(c2ccc(N)cc2)CC1. The van der Waals surface area contributed by atoms with Crippen LogP contribution in [0.25, 0.3) is 0 Å². The summed E-state index contributed by atoms with van der Waals surface area (Å²) in [5, 5.41) is 0. The van der Waals surface area contributed by atoms with Gasteiger partial charge >= 0.3 is 6.18 Å². The molecule has 1 amide bonds. The van der Waals surface area contributed by atoms with Crippen molar-refractivity contribution < 1.29 is 18.0 Å². The summed E-state index contributed by atoms with van der Waals surface area (Å²) in [6.07, 6.45) is -3.20.